The Morgan fingerprint density at radius 1 is 0.943 bits per heavy atom. The fourth-order valence-corrected chi connectivity index (χ4v) is 8.41. The van der Waals surface area contributed by atoms with Crippen molar-refractivity contribution in [3.8, 4) is 0 Å². The second-order valence-corrected chi connectivity index (χ2v) is 15.7. The molecule has 3 aliphatic rings. The minimum Gasteiger partial charge on any atom is -0.384 e. The molecule has 1 aromatic heterocycles. The van der Waals surface area contributed by atoms with Gasteiger partial charge in [-0.15, -0.1) is 5.10 Å². The summed E-state index contributed by atoms with van der Waals surface area (Å²) < 4.78 is 1.53. The molecule has 6 rings (SSSR count). The highest BCUT2D eigenvalue weighted by Gasteiger charge is 2.48. The largest absolute Gasteiger partial charge is 0.384 e. The number of ketones is 1. The third kappa shape index (κ3) is 8.56. The number of hydrogen-bond acceptors (Lipinski definition) is 8. The Balaban J connectivity index is 1.38. The number of amides is 4. The quantitative estimate of drug-likeness (QED) is 0.198. The first kappa shape index (κ1) is 38.0. The van der Waals surface area contributed by atoms with Crippen molar-refractivity contribution in [2.75, 3.05) is 6.54 Å². The predicted molar refractivity (Wildman–Crippen MR) is 199 cm³/mol. The highest BCUT2D eigenvalue weighted by molar-refractivity contribution is 6.41. The van der Waals surface area contributed by atoms with Gasteiger partial charge < -0.3 is 21.1 Å². The van der Waals surface area contributed by atoms with E-state index in [2.05, 4.69) is 20.6 Å². The van der Waals surface area contributed by atoms with Gasteiger partial charge in [0.1, 0.15) is 22.9 Å². The number of nitrogens with two attached hydrogens (primary N) is 1. The Hall–Kier alpha value is -4.78. The molecule has 0 bridgehead atoms. The topological polar surface area (TPSA) is 190 Å². The molecule has 0 spiro atoms. The molecule has 13 nitrogen and oxygen atoms in total. The minimum atomic E-state index is -1.49. The molecule has 4 amide bonds. The summed E-state index contributed by atoms with van der Waals surface area (Å²) in [6, 6.07) is 11.3. The zero-order valence-electron chi connectivity index (χ0n) is 30.8. The molecule has 53 heavy (non-hydrogen) atoms. The molecular weight excluding hydrogens is 674 g/mol. The average molecular weight is 726 g/mol. The zero-order chi connectivity index (χ0) is 37.8. The molecule has 3 aromatic rings. The van der Waals surface area contributed by atoms with Crippen LogP contribution in [0.5, 0.6) is 0 Å². The van der Waals surface area contributed by atoms with Gasteiger partial charge in [0.25, 0.3) is 17.7 Å². The highest BCUT2D eigenvalue weighted by Crippen LogP contribution is 2.35. The lowest BCUT2D eigenvalue weighted by molar-refractivity contribution is -0.144. The Labute approximate surface area is 309 Å². The molecule has 2 saturated carbocycles. The van der Waals surface area contributed by atoms with E-state index in [0.717, 1.165) is 62.1 Å². The van der Waals surface area contributed by atoms with E-state index in [0.29, 0.717) is 24.1 Å². The van der Waals surface area contributed by atoms with Crippen molar-refractivity contribution in [3.63, 3.8) is 0 Å². The van der Waals surface area contributed by atoms with Crippen molar-refractivity contribution < 1.29 is 29.1 Å². The van der Waals surface area contributed by atoms with Gasteiger partial charge in [0.2, 0.25) is 11.7 Å². The maximum atomic E-state index is 14.9. The third-order valence-electron chi connectivity index (χ3n) is 11.3. The minimum absolute atomic E-state index is 0.00791. The molecule has 2 atom stereocenters. The predicted octanol–water partition coefficient (Wildman–Crippen LogP) is 4.71. The molecule has 1 saturated heterocycles. The van der Waals surface area contributed by atoms with Crippen LogP contribution in [0.25, 0.3) is 10.8 Å². The number of nitrogens with one attached hydrogen (secondary N) is 1. The van der Waals surface area contributed by atoms with Crippen molar-refractivity contribution in [2.24, 2.45) is 16.6 Å². The van der Waals surface area contributed by atoms with Crippen LogP contribution in [0.1, 0.15) is 126 Å². The SMILES string of the molecule is CC(C)(O)c1cnnn1[C@H]1C[C@@H](C(=O)NC2(C(=O)C(N)=O)CCCCCCC2)N(C(=O)C(CC2CCCCC2)=NC(=O)c2ccc3ccccc3c2)C1. The fourth-order valence-electron chi connectivity index (χ4n) is 8.41. The van der Waals surface area contributed by atoms with Gasteiger partial charge in [0.05, 0.1) is 17.9 Å². The number of fused-ring (bicyclic) bond motifs is 1. The lowest BCUT2D eigenvalue weighted by Crippen LogP contribution is -2.61. The van der Waals surface area contributed by atoms with Crippen LogP contribution in [0.15, 0.2) is 53.7 Å². The summed E-state index contributed by atoms with van der Waals surface area (Å²) in [5, 5.41) is 24.0. The number of benzene rings is 2. The third-order valence-corrected chi connectivity index (χ3v) is 11.3. The van der Waals surface area contributed by atoms with E-state index >= 15 is 0 Å². The van der Waals surface area contributed by atoms with E-state index in [4.69, 9.17) is 5.73 Å². The fraction of sp³-hybridized carbons (Fsp3) is 0.550. The van der Waals surface area contributed by atoms with Crippen LogP contribution >= 0.6 is 0 Å². The van der Waals surface area contributed by atoms with E-state index in [1.165, 1.54) is 15.8 Å². The molecule has 2 heterocycles. The van der Waals surface area contributed by atoms with Gasteiger partial charge in [-0.25, -0.2) is 9.67 Å². The van der Waals surface area contributed by atoms with E-state index in [1.807, 2.05) is 30.3 Å². The van der Waals surface area contributed by atoms with Gasteiger partial charge >= 0.3 is 0 Å². The Bertz CT molecular complexity index is 1880. The molecular formula is C40H51N7O6. The van der Waals surface area contributed by atoms with Gasteiger partial charge in [-0.05, 0) is 61.9 Å². The zero-order valence-corrected chi connectivity index (χ0v) is 30.8. The first-order valence-corrected chi connectivity index (χ1v) is 19.1. The maximum Gasteiger partial charge on any atom is 0.287 e. The van der Waals surface area contributed by atoms with Crippen LogP contribution in [0.3, 0.4) is 0 Å². The number of carbonyl (C=O) groups is 5. The van der Waals surface area contributed by atoms with E-state index in [1.54, 1.807) is 26.0 Å². The maximum absolute atomic E-state index is 14.9. The standard InChI is InChI=1S/C40H51N7O6/c1-39(2,53)33-24-42-45-47(33)30-23-32(37(51)44-40(34(48)35(41)49)19-11-4-3-5-12-20-40)46(25-30)38(52)31(21-26-13-7-6-8-14-26)43-36(50)29-18-17-27-15-9-10-16-28(27)22-29/h9-10,15-18,22,24,26,30,32,53H,3-8,11-14,19-21,23,25H2,1-2H3,(H2,41,49)(H,44,51)/t30-,32-/m0/s1. The average Bonchev–Trinajstić information content (AvgIpc) is 3.81. The summed E-state index contributed by atoms with van der Waals surface area (Å²) in [5.74, 6) is -3.52. The summed E-state index contributed by atoms with van der Waals surface area (Å²) in [5.41, 5.74) is 3.55. The van der Waals surface area contributed by atoms with Crippen LogP contribution in [0, 0.1) is 5.92 Å². The van der Waals surface area contributed by atoms with E-state index in [-0.39, 0.29) is 43.9 Å². The van der Waals surface area contributed by atoms with Crippen molar-refractivity contribution in [1.29, 1.82) is 0 Å². The number of rotatable bonds is 10. The summed E-state index contributed by atoms with van der Waals surface area (Å²) in [6.45, 7) is 3.21. The number of likely N-dealkylation sites (tertiary alicyclic amines) is 1. The molecule has 0 radical (unpaired) electrons. The molecule has 4 N–H and O–H groups in total. The van der Waals surface area contributed by atoms with Crippen molar-refractivity contribution in [3.05, 3.63) is 59.9 Å². The second kappa shape index (κ2) is 16.1. The van der Waals surface area contributed by atoms with Crippen LogP contribution in [-0.4, -0.2) is 78.2 Å². The molecule has 2 aromatic carbocycles. The number of aliphatic hydroxyl groups is 1. The molecule has 13 heteroatoms. The number of primary amides is 1. The molecule has 3 fully saturated rings. The smallest absolute Gasteiger partial charge is 0.287 e. The van der Waals surface area contributed by atoms with Crippen molar-refractivity contribution in [1.82, 2.24) is 25.2 Å². The van der Waals surface area contributed by atoms with E-state index < -0.39 is 52.6 Å². The first-order chi connectivity index (χ1) is 25.4. The van der Waals surface area contributed by atoms with Crippen LogP contribution < -0.4 is 11.1 Å². The number of hydrogen-bond donors (Lipinski definition) is 3. The van der Waals surface area contributed by atoms with Crippen molar-refractivity contribution in [2.45, 2.75) is 127 Å². The summed E-state index contributed by atoms with van der Waals surface area (Å²) in [7, 11) is 0. The molecule has 282 valence electrons. The normalized spacial score (nSPS) is 21.5. The van der Waals surface area contributed by atoms with E-state index in [9.17, 15) is 29.1 Å². The van der Waals surface area contributed by atoms with Gasteiger partial charge in [0, 0.05) is 18.5 Å². The number of Topliss-reactive ketones (excluding diaryl/α,β-unsaturated/α-hetero) is 1. The summed E-state index contributed by atoms with van der Waals surface area (Å²) in [4.78, 5) is 74.9. The van der Waals surface area contributed by atoms with Crippen LogP contribution in [-0.2, 0) is 24.8 Å². The van der Waals surface area contributed by atoms with Crippen molar-refractivity contribution >= 4 is 45.9 Å². The number of carbonyl (C=O) groups excluding carboxylic acids is 5. The van der Waals surface area contributed by atoms with Gasteiger partial charge in [-0.1, -0.05) is 99.8 Å². The Kier molecular flexibility index (Phi) is 11.5. The molecule has 1 aliphatic heterocycles. The lowest BCUT2D eigenvalue weighted by Gasteiger charge is -2.36. The molecule has 0 unspecified atom stereocenters. The number of aromatic nitrogens is 3. The van der Waals surface area contributed by atoms with Crippen LogP contribution in [0.4, 0.5) is 0 Å². The van der Waals surface area contributed by atoms with Gasteiger partial charge in [-0.3, -0.25) is 24.0 Å². The first-order valence-electron chi connectivity index (χ1n) is 19.1. The Morgan fingerprint density at radius 2 is 1.60 bits per heavy atom. The number of aliphatic imine (C=N–C) groups is 1. The van der Waals surface area contributed by atoms with Gasteiger partial charge in [0.15, 0.2) is 0 Å². The number of nitrogens with zero attached hydrogens (tertiary/aromatic N) is 5. The Morgan fingerprint density at radius 3 is 2.28 bits per heavy atom. The lowest BCUT2D eigenvalue weighted by atomic mass is 9.80. The highest BCUT2D eigenvalue weighted by atomic mass is 16.3. The van der Waals surface area contributed by atoms with Gasteiger partial charge in [-0.2, -0.15) is 0 Å². The summed E-state index contributed by atoms with van der Waals surface area (Å²) in [6.07, 6.45) is 11.2. The molecule has 2 aliphatic carbocycles. The summed E-state index contributed by atoms with van der Waals surface area (Å²) >= 11 is 0. The van der Waals surface area contributed by atoms with Crippen LogP contribution in [0.2, 0.25) is 0 Å². The monoisotopic (exact) mass is 725 g/mol. The second-order valence-electron chi connectivity index (χ2n) is 15.7.